The second-order valence-electron chi connectivity index (χ2n) is 12.1. The number of nitrogens with zero attached hydrogens (tertiary/aromatic N) is 2. The summed E-state index contributed by atoms with van der Waals surface area (Å²) in [6.07, 6.45) is 34.3. The molecule has 0 atom stereocenters. The quantitative estimate of drug-likeness (QED) is 0.0510. The summed E-state index contributed by atoms with van der Waals surface area (Å²) in [5.41, 5.74) is 0. The smallest absolute Gasteiger partial charge is 0.323 e. The molecule has 0 aliphatic heterocycles. The molecule has 0 aliphatic rings. The van der Waals surface area contributed by atoms with E-state index in [-0.39, 0.29) is 6.03 Å². The van der Waals surface area contributed by atoms with Gasteiger partial charge in [0.25, 0.3) is 0 Å². The highest BCUT2D eigenvalue weighted by molar-refractivity contribution is 8.13. The van der Waals surface area contributed by atoms with Crippen molar-refractivity contribution in [3.63, 3.8) is 0 Å². The molecule has 5 heteroatoms. The Morgan fingerprint density at radius 3 is 1.37 bits per heavy atom. The number of aliphatic imine (C=N–C) groups is 1. The molecule has 0 aromatic carbocycles. The lowest BCUT2D eigenvalue weighted by Crippen LogP contribution is -2.43. The van der Waals surface area contributed by atoms with Crippen molar-refractivity contribution in [2.45, 2.75) is 195 Å². The molecule has 0 aliphatic carbocycles. The minimum atomic E-state index is 0.0622. The Kier molecular flexibility index (Phi) is 33.2. The molecule has 244 valence electrons. The van der Waals surface area contributed by atoms with Crippen LogP contribution in [0.5, 0.6) is 0 Å². The maximum atomic E-state index is 13.2. The number of thioether (sulfide) groups is 1. The van der Waals surface area contributed by atoms with Crippen molar-refractivity contribution < 1.29 is 4.79 Å². The molecular weight excluding hydrogens is 522 g/mol. The summed E-state index contributed by atoms with van der Waals surface area (Å²) in [6.45, 7) is 11.4. The van der Waals surface area contributed by atoms with Crippen LogP contribution in [-0.4, -0.2) is 41.5 Å². The van der Waals surface area contributed by atoms with E-state index < -0.39 is 0 Å². The number of hydrogen-bond acceptors (Lipinski definition) is 3. The zero-order valence-electron chi connectivity index (χ0n) is 28.4. The maximum absolute atomic E-state index is 13.2. The summed E-state index contributed by atoms with van der Waals surface area (Å²) in [5, 5.41) is 4.17. The molecule has 0 saturated carbocycles. The van der Waals surface area contributed by atoms with Gasteiger partial charge in [-0.25, -0.2) is 4.79 Å². The third-order valence-electron chi connectivity index (χ3n) is 8.05. The SMILES string of the molecule is CCCCCCCCCCCCCCCCCCNC(=O)N(CCCCCCC)C(=NCCCCCCC)SCC. The predicted octanol–water partition coefficient (Wildman–Crippen LogP) is 12.3. The standard InChI is InChI=1S/C36H73N3OS/c1-5-9-12-15-16-17-18-19-20-21-22-23-24-25-27-29-32-37-35(40)39(34-31-28-14-11-7-3)36(41-8-4)38-33-30-26-13-10-6-2/h5-34H2,1-4H3,(H,37,40). The molecule has 4 nitrogen and oxygen atoms in total. The number of carbonyl (C=O) groups excluding carboxylic acids is 1. The molecule has 1 N–H and O–H groups in total. The third-order valence-corrected chi connectivity index (χ3v) is 8.95. The highest BCUT2D eigenvalue weighted by atomic mass is 32.2. The molecule has 0 radical (unpaired) electrons. The van der Waals surface area contributed by atoms with Crippen molar-refractivity contribution in [3.05, 3.63) is 0 Å². The van der Waals surface area contributed by atoms with Crippen LogP contribution in [0.2, 0.25) is 0 Å². The number of amides is 2. The summed E-state index contributed by atoms with van der Waals surface area (Å²) < 4.78 is 0. The number of carbonyl (C=O) groups is 1. The summed E-state index contributed by atoms with van der Waals surface area (Å²) >= 11 is 1.73. The molecule has 0 heterocycles. The lowest BCUT2D eigenvalue weighted by molar-refractivity contribution is 0.220. The zero-order valence-corrected chi connectivity index (χ0v) is 29.2. The van der Waals surface area contributed by atoms with Crippen LogP contribution in [0.15, 0.2) is 4.99 Å². The normalized spacial score (nSPS) is 11.8. The Balaban J connectivity index is 4.18. The van der Waals surface area contributed by atoms with Crippen LogP contribution in [-0.2, 0) is 0 Å². The molecule has 2 amide bonds. The molecule has 0 rings (SSSR count). The fourth-order valence-corrected chi connectivity index (χ4v) is 6.12. The first-order valence-electron chi connectivity index (χ1n) is 18.4. The van der Waals surface area contributed by atoms with E-state index in [1.807, 2.05) is 4.90 Å². The van der Waals surface area contributed by atoms with E-state index in [2.05, 4.69) is 33.0 Å². The Bertz CT molecular complexity index is 569. The number of rotatable bonds is 30. The molecule has 0 fully saturated rings. The zero-order chi connectivity index (χ0) is 30.1. The van der Waals surface area contributed by atoms with E-state index in [0.29, 0.717) is 0 Å². The molecule has 0 aromatic heterocycles. The summed E-state index contributed by atoms with van der Waals surface area (Å²) in [4.78, 5) is 20.1. The highest BCUT2D eigenvalue weighted by Gasteiger charge is 2.19. The lowest BCUT2D eigenvalue weighted by atomic mass is 10.0. The molecule has 0 saturated heterocycles. The molecule has 0 bridgehead atoms. The van der Waals surface area contributed by atoms with Crippen molar-refractivity contribution >= 4 is 23.0 Å². The highest BCUT2D eigenvalue weighted by Crippen LogP contribution is 2.15. The topological polar surface area (TPSA) is 44.7 Å². The minimum Gasteiger partial charge on any atom is -0.338 e. The van der Waals surface area contributed by atoms with Crippen LogP contribution in [0.1, 0.15) is 195 Å². The van der Waals surface area contributed by atoms with Crippen molar-refractivity contribution in [3.8, 4) is 0 Å². The Morgan fingerprint density at radius 2 is 0.927 bits per heavy atom. The van der Waals surface area contributed by atoms with Gasteiger partial charge in [0, 0.05) is 19.6 Å². The largest absolute Gasteiger partial charge is 0.338 e. The van der Waals surface area contributed by atoms with E-state index in [1.165, 1.54) is 148 Å². The molecule has 41 heavy (non-hydrogen) atoms. The van der Waals surface area contributed by atoms with Crippen LogP contribution in [0.4, 0.5) is 4.79 Å². The number of urea groups is 1. The third kappa shape index (κ3) is 27.9. The summed E-state index contributed by atoms with van der Waals surface area (Å²) in [5.74, 6) is 0.952. The molecule has 0 aromatic rings. The van der Waals surface area contributed by atoms with Crippen LogP contribution in [0.3, 0.4) is 0 Å². The first-order valence-corrected chi connectivity index (χ1v) is 19.4. The van der Waals surface area contributed by atoms with Crippen molar-refractivity contribution in [2.75, 3.05) is 25.4 Å². The fourth-order valence-electron chi connectivity index (χ4n) is 5.35. The van der Waals surface area contributed by atoms with Crippen LogP contribution < -0.4 is 5.32 Å². The minimum absolute atomic E-state index is 0.0622. The molecule has 0 unspecified atom stereocenters. The number of nitrogens with one attached hydrogen (secondary N) is 1. The Labute approximate surface area is 262 Å². The van der Waals surface area contributed by atoms with Gasteiger partial charge >= 0.3 is 6.03 Å². The second-order valence-corrected chi connectivity index (χ2v) is 13.3. The lowest BCUT2D eigenvalue weighted by Gasteiger charge is -2.24. The number of unbranched alkanes of at least 4 members (excludes halogenated alkanes) is 23. The van der Waals surface area contributed by atoms with E-state index in [1.54, 1.807) is 11.8 Å². The van der Waals surface area contributed by atoms with Gasteiger partial charge in [0.15, 0.2) is 5.17 Å². The van der Waals surface area contributed by atoms with Gasteiger partial charge in [0.05, 0.1) is 0 Å². The van der Waals surface area contributed by atoms with Crippen LogP contribution in [0.25, 0.3) is 0 Å². The Morgan fingerprint density at radius 1 is 0.537 bits per heavy atom. The number of hydrogen-bond donors (Lipinski definition) is 1. The van der Waals surface area contributed by atoms with Gasteiger partial charge in [0.2, 0.25) is 0 Å². The van der Waals surface area contributed by atoms with Crippen molar-refractivity contribution in [1.29, 1.82) is 0 Å². The van der Waals surface area contributed by atoms with Crippen molar-refractivity contribution in [2.24, 2.45) is 4.99 Å². The monoisotopic (exact) mass is 596 g/mol. The molecule has 0 spiro atoms. The number of amidine groups is 1. The van der Waals surface area contributed by atoms with Gasteiger partial charge in [-0.3, -0.25) is 9.89 Å². The van der Waals surface area contributed by atoms with Crippen LogP contribution >= 0.6 is 11.8 Å². The predicted molar refractivity (Wildman–Crippen MR) is 188 cm³/mol. The molecular formula is C36H73N3OS. The first-order chi connectivity index (χ1) is 20.2. The Hall–Kier alpha value is -0.710. The van der Waals surface area contributed by atoms with E-state index in [0.717, 1.165) is 49.8 Å². The van der Waals surface area contributed by atoms with Gasteiger partial charge in [-0.05, 0) is 25.0 Å². The van der Waals surface area contributed by atoms with E-state index in [9.17, 15) is 4.79 Å². The summed E-state index contributed by atoms with van der Waals surface area (Å²) in [7, 11) is 0. The first kappa shape index (κ1) is 40.3. The van der Waals surface area contributed by atoms with E-state index in [4.69, 9.17) is 4.99 Å². The van der Waals surface area contributed by atoms with E-state index >= 15 is 0 Å². The van der Waals surface area contributed by atoms with Crippen LogP contribution in [0, 0.1) is 0 Å². The van der Waals surface area contributed by atoms with Gasteiger partial charge in [0.1, 0.15) is 0 Å². The van der Waals surface area contributed by atoms with Gasteiger partial charge in [-0.15, -0.1) is 0 Å². The maximum Gasteiger partial charge on any atom is 0.323 e. The van der Waals surface area contributed by atoms with Gasteiger partial charge < -0.3 is 5.32 Å². The van der Waals surface area contributed by atoms with Gasteiger partial charge in [-0.2, -0.15) is 0 Å². The summed E-state index contributed by atoms with van der Waals surface area (Å²) in [6, 6.07) is 0.0622. The second kappa shape index (κ2) is 33.8. The fraction of sp³-hybridized carbons (Fsp3) is 0.944. The van der Waals surface area contributed by atoms with Crippen molar-refractivity contribution in [1.82, 2.24) is 10.2 Å². The van der Waals surface area contributed by atoms with Gasteiger partial charge in [-0.1, -0.05) is 187 Å². The average Bonchev–Trinajstić information content (AvgIpc) is 2.98. The average molecular weight is 596 g/mol.